The number of aromatic nitrogens is 1. The predicted octanol–water partition coefficient (Wildman–Crippen LogP) is 2.62. The predicted molar refractivity (Wildman–Crippen MR) is 116 cm³/mol. The molecule has 1 saturated heterocycles. The summed E-state index contributed by atoms with van der Waals surface area (Å²) in [4.78, 5) is 22.9. The Morgan fingerprint density at radius 3 is 2.86 bits per heavy atom. The molecule has 2 heterocycles. The number of likely N-dealkylation sites (tertiary alicyclic amines) is 1. The van der Waals surface area contributed by atoms with Gasteiger partial charge in [-0.3, -0.25) is 9.79 Å². The molecule has 0 aromatic carbocycles. The van der Waals surface area contributed by atoms with Crippen molar-refractivity contribution >= 4 is 17.7 Å². The second-order valence-electron chi connectivity index (χ2n) is 7.08. The maximum atomic E-state index is 12.0. The number of nitrogens with one attached hydrogen (secondary N) is 3. The highest BCUT2D eigenvalue weighted by Gasteiger charge is 2.15. The summed E-state index contributed by atoms with van der Waals surface area (Å²) >= 11 is 0. The molecule has 0 spiro atoms. The summed E-state index contributed by atoms with van der Waals surface area (Å²) in [6, 6.07) is 5.88. The summed E-state index contributed by atoms with van der Waals surface area (Å²) in [6.45, 7) is 7.19. The topological polar surface area (TPSA) is 81.7 Å². The van der Waals surface area contributed by atoms with E-state index in [2.05, 4.69) is 32.9 Å². The number of hydrogen-bond acceptors (Lipinski definition) is 4. The van der Waals surface area contributed by atoms with E-state index in [4.69, 9.17) is 0 Å². The number of guanidine groups is 1. The van der Waals surface area contributed by atoms with Crippen molar-refractivity contribution < 1.29 is 4.79 Å². The van der Waals surface area contributed by atoms with Crippen molar-refractivity contribution in [2.45, 2.75) is 51.9 Å². The molecular formula is C21H36N6O. The van der Waals surface area contributed by atoms with Crippen LogP contribution in [0, 0.1) is 0 Å². The molecule has 0 saturated carbocycles. The lowest BCUT2D eigenvalue weighted by Gasteiger charge is -2.20. The number of unbranched alkanes of at least 4 members (excludes halogenated alkanes) is 1. The van der Waals surface area contributed by atoms with Gasteiger partial charge < -0.3 is 20.9 Å². The molecule has 7 nitrogen and oxygen atoms in total. The third-order valence-corrected chi connectivity index (χ3v) is 4.74. The number of pyridine rings is 1. The minimum atomic E-state index is 0.311. The van der Waals surface area contributed by atoms with Crippen LogP contribution in [0.4, 0.5) is 5.82 Å². The SMILES string of the molecule is CCNC(=NCCCN1CCCCCC1=O)NCCCCNc1ccccn1. The third-order valence-electron chi connectivity index (χ3n) is 4.74. The van der Waals surface area contributed by atoms with Crippen LogP contribution < -0.4 is 16.0 Å². The molecule has 1 fully saturated rings. The van der Waals surface area contributed by atoms with Crippen molar-refractivity contribution in [2.24, 2.45) is 4.99 Å². The number of amides is 1. The highest BCUT2D eigenvalue weighted by molar-refractivity contribution is 5.79. The number of nitrogens with zero attached hydrogens (tertiary/aromatic N) is 3. The average Bonchev–Trinajstić information content (AvgIpc) is 2.92. The fraction of sp³-hybridized carbons (Fsp3) is 0.667. The van der Waals surface area contributed by atoms with Crippen LogP contribution in [0.25, 0.3) is 0 Å². The molecule has 28 heavy (non-hydrogen) atoms. The van der Waals surface area contributed by atoms with Crippen LogP contribution in [0.15, 0.2) is 29.4 Å². The summed E-state index contributed by atoms with van der Waals surface area (Å²) < 4.78 is 0. The molecule has 7 heteroatoms. The second kappa shape index (κ2) is 13.8. The zero-order valence-electron chi connectivity index (χ0n) is 17.3. The van der Waals surface area contributed by atoms with Gasteiger partial charge in [0.1, 0.15) is 5.82 Å². The minimum absolute atomic E-state index is 0.311. The average molecular weight is 389 g/mol. The van der Waals surface area contributed by atoms with E-state index in [1.165, 1.54) is 6.42 Å². The molecule has 2 rings (SSSR count). The lowest BCUT2D eigenvalue weighted by molar-refractivity contribution is -0.130. The van der Waals surface area contributed by atoms with Crippen molar-refractivity contribution in [3.8, 4) is 0 Å². The van der Waals surface area contributed by atoms with Crippen molar-refractivity contribution in [2.75, 3.05) is 44.6 Å². The molecule has 0 radical (unpaired) electrons. The van der Waals surface area contributed by atoms with Crippen molar-refractivity contribution in [3.05, 3.63) is 24.4 Å². The van der Waals surface area contributed by atoms with Gasteiger partial charge in [-0.1, -0.05) is 12.5 Å². The molecule has 1 aliphatic heterocycles. The maximum absolute atomic E-state index is 12.0. The minimum Gasteiger partial charge on any atom is -0.370 e. The van der Waals surface area contributed by atoms with Gasteiger partial charge in [-0.05, 0) is 51.2 Å². The van der Waals surface area contributed by atoms with Crippen LogP contribution >= 0.6 is 0 Å². The van der Waals surface area contributed by atoms with E-state index in [1.807, 2.05) is 23.1 Å². The van der Waals surface area contributed by atoms with Gasteiger partial charge in [0.15, 0.2) is 5.96 Å². The van der Waals surface area contributed by atoms with Gasteiger partial charge in [0.25, 0.3) is 0 Å². The summed E-state index contributed by atoms with van der Waals surface area (Å²) in [5.74, 6) is 2.10. The van der Waals surface area contributed by atoms with Crippen LogP contribution in [0.1, 0.15) is 51.9 Å². The lowest BCUT2D eigenvalue weighted by atomic mass is 10.2. The van der Waals surface area contributed by atoms with E-state index in [1.54, 1.807) is 6.20 Å². The van der Waals surface area contributed by atoms with Gasteiger partial charge in [-0.2, -0.15) is 0 Å². The van der Waals surface area contributed by atoms with Gasteiger partial charge in [0.05, 0.1) is 0 Å². The van der Waals surface area contributed by atoms with Crippen molar-refractivity contribution in [3.63, 3.8) is 0 Å². The van der Waals surface area contributed by atoms with Crippen LogP contribution in [0.5, 0.6) is 0 Å². The van der Waals surface area contributed by atoms with E-state index < -0.39 is 0 Å². The Morgan fingerprint density at radius 2 is 2.04 bits per heavy atom. The molecule has 0 unspecified atom stereocenters. The number of rotatable bonds is 11. The Balaban J connectivity index is 1.58. The Hall–Kier alpha value is -2.31. The summed E-state index contributed by atoms with van der Waals surface area (Å²) in [5.41, 5.74) is 0. The van der Waals surface area contributed by atoms with Crippen LogP contribution in [-0.4, -0.2) is 61.0 Å². The number of anilines is 1. The lowest BCUT2D eigenvalue weighted by Crippen LogP contribution is -2.38. The second-order valence-corrected chi connectivity index (χ2v) is 7.08. The van der Waals surface area contributed by atoms with Crippen molar-refractivity contribution in [1.82, 2.24) is 20.5 Å². The number of hydrogen-bond donors (Lipinski definition) is 3. The van der Waals surface area contributed by atoms with Gasteiger partial charge in [0.2, 0.25) is 5.91 Å². The first-order chi connectivity index (χ1) is 13.8. The van der Waals surface area contributed by atoms with E-state index in [0.717, 1.165) is 83.2 Å². The van der Waals surface area contributed by atoms with Gasteiger partial charge in [0, 0.05) is 51.9 Å². The first-order valence-corrected chi connectivity index (χ1v) is 10.7. The Labute approximate surface area is 169 Å². The highest BCUT2D eigenvalue weighted by Crippen LogP contribution is 2.11. The Bertz CT molecular complexity index is 578. The molecular weight excluding hydrogens is 352 g/mol. The van der Waals surface area contributed by atoms with Gasteiger partial charge >= 0.3 is 0 Å². The first-order valence-electron chi connectivity index (χ1n) is 10.7. The van der Waals surface area contributed by atoms with E-state index in [0.29, 0.717) is 12.3 Å². The molecule has 1 amide bonds. The highest BCUT2D eigenvalue weighted by atomic mass is 16.2. The molecule has 0 aliphatic carbocycles. The monoisotopic (exact) mass is 388 g/mol. The number of carbonyl (C=O) groups excluding carboxylic acids is 1. The van der Waals surface area contributed by atoms with Gasteiger partial charge in [-0.15, -0.1) is 0 Å². The molecule has 1 aromatic heterocycles. The quantitative estimate of drug-likeness (QED) is 0.308. The van der Waals surface area contributed by atoms with E-state index in [9.17, 15) is 4.79 Å². The van der Waals surface area contributed by atoms with Crippen LogP contribution in [0.2, 0.25) is 0 Å². The van der Waals surface area contributed by atoms with Gasteiger partial charge in [-0.25, -0.2) is 4.98 Å². The summed E-state index contributed by atoms with van der Waals surface area (Å²) in [5, 5.41) is 10.0. The molecule has 1 aromatic rings. The third kappa shape index (κ3) is 9.06. The number of aliphatic imine (C=N–C) groups is 1. The fourth-order valence-electron chi connectivity index (χ4n) is 3.21. The largest absolute Gasteiger partial charge is 0.370 e. The van der Waals surface area contributed by atoms with Crippen LogP contribution in [0.3, 0.4) is 0 Å². The molecule has 3 N–H and O–H groups in total. The first kappa shape index (κ1) is 22.0. The van der Waals surface area contributed by atoms with Crippen LogP contribution in [-0.2, 0) is 4.79 Å². The summed E-state index contributed by atoms with van der Waals surface area (Å²) in [6.07, 6.45) is 8.90. The number of carbonyl (C=O) groups is 1. The molecule has 156 valence electrons. The maximum Gasteiger partial charge on any atom is 0.222 e. The zero-order valence-corrected chi connectivity index (χ0v) is 17.3. The van der Waals surface area contributed by atoms with E-state index >= 15 is 0 Å². The Kier molecular flexibility index (Phi) is 10.8. The zero-order chi connectivity index (χ0) is 19.9. The molecule has 1 aliphatic rings. The smallest absolute Gasteiger partial charge is 0.222 e. The standard InChI is InChI=1S/C21H36N6O/c1-2-22-21(25-15-8-7-14-24-19-11-5-6-13-23-19)26-16-10-18-27-17-9-3-4-12-20(27)28/h5-6,11,13H,2-4,7-10,12,14-18H2,1H3,(H,23,24)(H2,22,25,26). The fourth-order valence-corrected chi connectivity index (χ4v) is 3.21. The summed E-state index contributed by atoms with van der Waals surface area (Å²) in [7, 11) is 0. The molecule has 0 bridgehead atoms. The van der Waals surface area contributed by atoms with E-state index in [-0.39, 0.29) is 0 Å². The Morgan fingerprint density at radius 1 is 1.14 bits per heavy atom. The van der Waals surface area contributed by atoms with Crippen molar-refractivity contribution in [1.29, 1.82) is 0 Å². The normalized spacial score (nSPS) is 15.2. The molecule has 0 atom stereocenters.